The Morgan fingerprint density at radius 1 is 0.941 bits per heavy atom. The lowest BCUT2D eigenvalue weighted by Crippen LogP contribution is -2.00. The second-order valence-electron chi connectivity index (χ2n) is 7.65. The number of rotatable bonds is 3. The molecule has 6 aromatic rings. The molecule has 1 N–H and O–H groups in total. The molecular formula is C24H14ClF2N7. The Bertz CT molecular complexity index is 1710. The Kier molecular flexibility index (Phi) is 4.59. The third-order valence-electron chi connectivity index (χ3n) is 5.70. The maximum Gasteiger partial charge on any atom is 0.249 e. The summed E-state index contributed by atoms with van der Waals surface area (Å²) in [4.78, 5) is 16.9. The van der Waals surface area contributed by atoms with Gasteiger partial charge in [-0.3, -0.25) is 14.6 Å². The maximum absolute atomic E-state index is 14.7. The molecule has 0 atom stereocenters. The van der Waals surface area contributed by atoms with Gasteiger partial charge in [0.2, 0.25) is 5.95 Å². The molecule has 0 spiro atoms. The van der Waals surface area contributed by atoms with E-state index in [4.69, 9.17) is 16.6 Å². The average Bonchev–Trinajstić information content (AvgIpc) is 3.48. The van der Waals surface area contributed by atoms with Gasteiger partial charge in [-0.05, 0) is 42.8 Å². The minimum atomic E-state index is -1.17. The van der Waals surface area contributed by atoms with Crippen LogP contribution in [-0.2, 0) is 0 Å². The van der Waals surface area contributed by atoms with Crippen LogP contribution in [0.25, 0.3) is 50.1 Å². The molecule has 0 radical (unpaired) electrons. The van der Waals surface area contributed by atoms with Gasteiger partial charge < -0.3 is 0 Å². The summed E-state index contributed by atoms with van der Waals surface area (Å²) in [5.41, 5.74) is 3.86. The number of nitrogens with zero attached hydrogens (tertiary/aromatic N) is 6. The Labute approximate surface area is 196 Å². The fraction of sp³-hybridized carbons (Fsp3) is 0.0417. The van der Waals surface area contributed by atoms with Crippen LogP contribution in [-0.4, -0.2) is 34.7 Å². The number of imidazole rings is 1. The maximum atomic E-state index is 14.7. The summed E-state index contributed by atoms with van der Waals surface area (Å²) in [6.45, 7) is 1.87. The molecule has 34 heavy (non-hydrogen) atoms. The van der Waals surface area contributed by atoms with Gasteiger partial charge >= 0.3 is 0 Å². The van der Waals surface area contributed by atoms with Crippen LogP contribution in [0.1, 0.15) is 5.82 Å². The number of halogens is 3. The van der Waals surface area contributed by atoms with Gasteiger partial charge in [0.25, 0.3) is 0 Å². The molecule has 166 valence electrons. The van der Waals surface area contributed by atoms with E-state index in [-0.39, 0.29) is 5.56 Å². The second-order valence-corrected chi connectivity index (χ2v) is 8.06. The van der Waals surface area contributed by atoms with Gasteiger partial charge in [0.05, 0.1) is 21.7 Å². The Hall–Kier alpha value is -4.24. The Balaban J connectivity index is 1.73. The van der Waals surface area contributed by atoms with E-state index in [0.717, 1.165) is 11.1 Å². The van der Waals surface area contributed by atoms with Crippen molar-refractivity contribution in [3.8, 4) is 28.2 Å². The number of benzene rings is 2. The number of H-pyrrole nitrogens is 1. The van der Waals surface area contributed by atoms with E-state index < -0.39 is 11.8 Å². The largest absolute Gasteiger partial charge is 0.296 e. The molecule has 0 aliphatic rings. The zero-order valence-electron chi connectivity index (χ0n) is 17.6. The van der Waals surface area contributed by atoms with Crippen molar-refractivity contribution >= 4 is 33.5 Å². The van der Waals surface area contributed by atoms with Gasteiger partial charge in [0, 0.05) is 28.9 Å². The van der Waals surface area contributed by atoms with Crippen molar-refractivity contribution in [3.05, 3.63) is 83.8 Å². The van der Waals surface area contributed by atoms with Crippen LogP contribution in [0.2, 0.25) is 5.02 Å². The molecule has 4 heterocycles. The summed E-state index contributed by atoms with van der Waals surface area (Å²) >= 11 is 6.39. The third-order valence-corrected chi connectivity index (χ3v) is 6.00. The van der Waals surface area contributed by atoms with Crippen LogP contribution in [0.4, 0.5) is 8.78 Å². The first-order valence-corrected chi connectivity index (χ1v) is 10.6. The molecule has 0 amide bonds. The molecule has 7 nitrogen and oxygen atoms in total. The SMILES string of the molecule is Cc1nc2c(-c3ncn[nH]3)cc(-c3ccnc(F)c3F)cc2n1-c1ccnc2c(Cl)cccc12. The van der Waals surface area contributed by atoms with Gasteiger partial charge in [-0.1, -0.05) is 23.7 Å². The van der Waals surface area contributed by atoms with Crippen LogP contribution < -0.4 is 0 Å². The van der Waals surface area contributed by atoms with Gasteiger partial charge in [-0.2, -0.15) is 9.49 Å². The summed E-state index contributed by atoms with van der Waals surface area (Å²) in [7, 11) is 0. The zero-order valence-corrected chi connectivity index (χ0v) is 18.3. The van der Waals surface area contributed by atoms with E-state index >= 15 is 0 Å². The number of aryl methyl sites for hydroxylation is 1. The number of aromatic nitrogens is 7. The lowest BCUT2D eigenvalue weighted by atomic mass is 10.0. The molecular weight excluding hydrogens is 460 g/mol. The minimum absolute atomic E-state index is 0.0724. The topological polar surface area (TPSA) is 85.2 Å². The summed E-state index contributed by atoms with van der Waals surface area (Å²) in [5, 5.41) is 8.13. The van der Waals surface area contributed by atoms with Crippen molar-refractivity contribution in [3.63, 3.8) is 0 Å². The monoisotopic (exact) mass is 473 g/mol. The smallest absolute Gasteiger partial charge is 0.249 e. The van der Waals surface area contributed by atoms with Crippen molar-refractivity contribution < 1.29 is 8.78 Å². The first kappa shape index (κ1) is 20.4. The molecule has 10 heteroatoms. The standard InChI is InChI=1S/C24H14ClF2N7/c1-12-32-22-16(24-30-11-31-33-24)9-13(14-5-7-29-23(27)20(14)26)10-19(22)34(12)18-6-8-28-21-15(18)3-2-4-17(21)25/h2-11H,1H3,(H,30,31,33). The van der Waals surface area contributed by atoms with E-state index in [2.05, 4.69) is 25.1 Å². The molecule has 0 saturated carbocycles. The van der Waals surface area contributed by atoms with Gasteiger partial charge in [0.15, 0.2) is 11.6 Å². The summed E-state index contributed by atoms with van der Waals surface area (Å²) in [5.74, 6) is -1.07. The van der Waals surface area contributed by atoms with Crippen LogP contribution >= 0.6 is 11.6 Å². The fourth-order valence-electron chi connectivity index (χ4n) is 4.23. The van der Waals surface area contributed by atoms with Crippen LogP contribution in [0.15, 0.2) is 61.2 Å². The van der Waals surface area contributed by atoms with E-state index in [1.807, 2.05) is 29.7 Å². The lowest BCUT2D eigenvalue weighted by Gasteiger charge is -2.13. The predicted octanol–water partition coefficient (Wildman–Crippen LogP) is 5.66. The summed E-state index contributed by atoms with van der Waals surface area (Å²) < 4.78 is 30.6. The molecule has 4 aromatic heterocycles. The highest BCUT2D eigenvalue weighted by Gasteiger charge is 2.21. The molecule has 0 aliphatic heterocycles. The van der Waals surface area contributed by atoms with E-state index in [1.54, 1.807) is 24.4 Å². The van der Waals surface area contributed by atoms with Gasteiger partial charge in [0.1, 0.15) is 17.7 Å². The Morgan fingerprint density at radius 2 is 1.79 bits per heavy atom. The number of aromatic amines is 1. The second kappa shape index (κ2) is 7.67. The quantitative estimate of drug-likeness (QED) is 0.335. The number of pyridine rings is 2. The number of fused-ring (bicyclic) bond motifs is 2. The number of nitrogens with one attached hydrogen (secondary N) is 1. The molecule has 0 saturated heterocycles. The van der Waals surface area contributed by atoms with E-state index in [1.165, 1.54) is 18.6 Å². The molecule has 6 rings (SSSR count). The average molecular weight is 474 g/mol. The van der Waals surface area contributed by atoms with Crippen LogP contribution in [0, 0.1) is 18.7 Å². The molecule has 0 fully saturated rings. The number of hydrogen-bond acceptors (Lipinski definition) is 5. The molecule has 0 bridgehead atoms. The lowest BCUT2D eigenvalue weighted by molar-refractivity contribution is 0.482. The summed E-state index contributed by atoms with van der Waals surface area (Å²) in [6, 6.07) is 12.3. The summed E-state index contributed by atoms with van der Waals surface area (Å²) in [6.07, 6.45) is 4.28. The van der Waals surface area contributed by atoms with E-state index in [9.17, 15) is 8.78 Å². The zero-order chi connectivity index (χ0) is 23.4. The first-order chi connectivity index (χ1) is 16.5. The van der Waals surface area contributed by atoms with Crippen molar-refractivity contribution in [2.24, 2.45) is 0 Å². The molecule has 0 aliphatic carbocycles. The number of hydrogen-bond donors (Lipinski definition) is 1. The van der Waals surface area contributed by atoms with Crippen molar-refractivity contribution in [2.75, 3.05) is 0 Å². The highest BCUT2D eigenvalue weighted by molar-refractivity contribution is 6.35. The number of para-hydroxylation sites is 1. The minimum Gasteiger partial charge on any atom is -0.296 e. The van der Waals surface area contributed by atoms with Gasteiger partial charge in [-0.25, -0.2) is 19.3 Å². The van der Waals surface area contributed by atoms with Gasteiger partial charge in [-0.15, -0.1) is 0 Å². The normalized spacial score (nSPS) is 11.5. The van der Waals surface area contributed by atoms with E-state index in [0.29, 0.717) is 44.3 Å². The fourth-order valence-corrected chi connectivity index (χ4v) is 4.45. The first-order valence-electron chi connectivity index (χ1n) is 10.3. The third kappa shape index (κ3) is 3.05. The van der Waals surface area contributed by atoms with Crippen molar-refractivity contribution in [1.29, 1.82) is 0 Å². The van der Waals surface area contributed by atoms with Crippen LogP contribution in [0.5, 0.6) is 0 Å². The predicted molar refractivity (Wildman–Crippen MR) is 125 cm³/mol. The molecule has 2 aromatic carbocycles. The Morgan fingerprint density at radius 3 is 2.62 bits per heavy atom. The van der Waals surface area contributed by atoms with Crippen molar-refractivity contribution in [2.45, 2.75) is 6.92 Å². The highest BCUT2D eigenvalue weighted by atomic mass is 35.5. The van der Waals surface area contributed by atoms with Crippen molar-refractivity contribution in [1.82, 2.24) is 34.7 Å². The molecule has 0 unspecified atom stereocenters. The van der Waals surface area contributed by atoms with Crippen LogP contribution in [0.3, 0.4) is 0 Å². The highest BCUT2D eigenvalue weighted by Crippen LogP contribution is 2.36.